The van der Waals surface area contributed by atoms with E-state index in [0.29, 0.717) is 0 Å². The Bertz CT molecular complexity index is 184. The summed E-state index contributed by atoms with van der Waals surface area (Å²) < 4.78 is 0. The van der Waals surface area contributed by atoms with E-state index >= 15 is 0 Å². The molecule has 0 aromatic heterocycles. The van der Waals surface area contributed by atoms with Crippen LogP contribution in [0.2, 0.25) is 0 Å². The molecule has 0 N–H and O–H groups in total. The molecule has 1 fully saturated rings. The minimum absolute atomic E-state index is 0.907. The normalized spacial score (nSPS) is 25.5. The van der Waals surface area contributed by atoms with Crippen molar-refractivity contribution in [3.8, 4) is 0 Å². The van der Waals surface area contributed by atoms with Gasteiger partial charge in [0, 0.05) is 5.25 Å². The van der Waals surface area contributed by atoms with Crippen LogP contribution in [-0.2, 0) is 0 Å². The Balaban J connectivity index is 2.30. The Morgan fingerprint density at radius 1 is 1.27 bits per heavy atom. The molecule has 1 heterocycles. The third kappa shape index (κ3) is 5.65. The summed E-state index contributed by atoms with van der Waals surface area (Å²) in [5.74, 6) is 0. The summed E-state index contributed by atoms with van der Waals surface area (Å²) in [6.45, 7) is 4.61. The van der Waals surface area contributed by atoms with E-state index in [4.69, 9.17) is 0 Å². The second-order valence-corrected chi connectivity index (χ2v) is 5.99. The van der Waals surface area contributed by atoms with Crippen LogP contribution >= 0.6 is 11.8 Å². The van der Waals surface area contributed by atoms with Gasteiger partial charge in [0.2, 0.25) is 0 Å². The zero-order chi connectivity index (χ0) is 10.9. The number of rotatable bonds is 5. The Labute approximate surface area is 99.9 Å². The maximum atomic E-state index is 2.52. The lowest BCUT2D eigenvalue weighted by Crippen LogP contribution is -1.97. The number of hydrogen-bond donors (Lipinski definition) is 0. The maximum absolute atomic E-state index is 2.52. The Hall–Kier alpha value is 0.0900. The predicted molar refractivity (Wildman–Crippen MR) is 72.4 cm³/mol. The van der Waals surface area contributed by atoms with Crippen LogP contribution < -0.4 is 0 Å². The topological polar surface area (TPSA) is 0 Å². The van der Waals surface area contributed by atoms with Gasteiger partial charge < -0.3 is 0 Å². The Morgan fingerprint density at radius 2 is 2.13 bits per heavy atom. The lowest BCUT2D eigenvalue weighted by molar-refractivity contribution is 0.661. The van der Waals surface area contributed by atoms with Crippen LogP contribution in [0.15, 0.2) is 11.0 Å². The van der Waals surface area contributed by atoms with Crippen molar-refractivity contribution in [1.29, 1.82) is 0 Å². The average molecular weight is 226 g/mol. The average Bonchev–Trinajstić information content (AvgIpc) is 2.49. The first kappa shape index (κ1) is 13.2. The highest BCUT2D eigenvalue weighted by Crippen LogP contribution is 2.35. The van der Waals surface area contributed by atoms with Crippen molar-refractivity contribution < 1.29 is 0 Å². The minimum Gasteiger partial charge on any atom is -0.128 e. The summed E-state index contributed by atoms with van der Waals surface area (Å²) in [6, 6.07) is 0. The van der Waals surface area contributed by atoms with Gasteiger partial charge in [-0.3, -0.25) is 0 Å². The largest absolute Gasteiger partial charge is 0.128 e. The fourth-order valence-corrected chi connectivity index (χ4v) is 3.45. The third-order valence-corrected chi connectivity index (χ3v) is 4.73. The molecule has 1 aliphatic rings. The highest BCUT2D eigenvalue weighted by atomic mass is 32.2. The Kier molecular flexibility index (Phi) is 7.25. The van der Waals surface area contributed by atoms with E-state index in [1.807, 2.05) is 0 Å². The van der Waals surface area contributed by atoms with Crippen molar-refractivity contribution in [2.75, 3.05) is 0 Å². The summed E-state index contributed by atoms with van der Waals surface area (Å²) in [4.78, 5) is 1.69. The summed E-state index contributed by atoms with van der Waals surface area (Å²) in [5, 5.41) is 0.907. The summed E-state index contributed by atoms with van der Waals surface area (Å²) in [5.41, 5.74) is 0. The highest BCUT2D eigenvalue weighted by molar-refractivity contribution is 8.03. The molecule has 1 saturated heterocycles. The molecular formula is C14H26S. The fourth-order valence-electron chi connectivity index (χ4n) is 2.10. The number of allylic oxidation sites excluding steroid dienone is 2. The molecule has 0 nitrogen and oxygen atoms in total. The highest BCUT2D eigenvalue weighted by Gasteiger charge is 2.13. The van der Waals surface area contributed by atoms with Gasteiger partial charge in [0.15, 0.2) is 0 Å². The molecule has 0 aromatic carbocycles. The van der Waals surface area contributed by atoms with E-state index in [0.717, 1.165) is 5.25 Å². The second kappa shape index (κ2) is 8.27. The molecule has 1 atom stereocenters. The Morgan fingerprint density at radius 3 is 2.87 bits per heavy atom. The van der Waals surface area contributed by atoms with E-state index in [1.54, 1.807) is 4.91 Å². The molecule has 15 heavy (non-hydrogen) atoms. The molecule has 0 bridgehead atoms. The van der Waals surface area contributed by atoms with Gasteiger partial charge in [-0.05, 0) is 43.4 Å². The van der Waals surface area contributed by atoms with E-state index in [9.17, 15) is 0 Å². The molecule has 0 spiro atoms. The van der Waals surface area contributed by atoms with Gasteiger partial charge in [0.1, 0.15) is 0 Å². The standard InChI is InChI=1S/C14H26S/c1-3-5-6-7-11-14-12-9-8-10-13(4-2)15-14/h11,13H,3-10,12H2,1-2H3. The van der Waals surface area contributed by atoms with Crippen LogP contribution in [0.4, 0.5) is 0 Å². The summed E-state index contributed by atoms with van der Waals surface area (Å²) >= 11 is 2.17. The first-order valence-corrected chi connectivity index (χ1v) is 7.60. The molecule has 1 rings (SSSR count). The molecule has 0 radical (unpaired) electrons. The van der Waals surface area contributed by atoms with Gasteiger partial charge in [-0.25, -0.2) is 0 Å². The van der Waals surface area contributed by atoms with Crippen molar-refractivity contribution >= 4 is 11.8 Å². The number of unbranched alkanes of at least 4 members (excludes halogenated alkanes) is 3. The molecule has 0 aromatic rings. The van der Waals surface area contributed by atoms with Crippen molar-refractivity contribution in [1.82, 2.24) is 0 Å². The summed E-state index contributed by atoms with van der Waals surface area (Å²) in [7, 11) is 0. The van der Waals surface area contributed by atoms with Crippen LogP contribution in [0.25, 0.3) is 0 Å². The van der Waals surface area contributed by atoms with E-state index in [-0.39, 0.29) is 0 Å². The predicted octanol–water partition coefficient (Wildman–Crippen LogP) is 5.54. The zero-order valence-electron chi connectivity index (χ0n) is 10.4. The molecule has 0 saturated carbocycles. The lowest BCUT2D eigenvalue weighted by atomic mass is 10.1. The first-order valence-electron chi connectivity index (χ1n) is 6.72. The van der Waals surface area contributed by atoms with Gasteiger partial charge >= 0.3 is 0 Å². The van der Waals surface area contributed by atoms with Crippen LogP contribution in [0.3, 0.4) is 0 Å². The smallest absolute Gasteiger partial charge is 0.00884 e. The monoisotopic (exact) mass is 226 g/mol. The van der Waals surface area contributed by atoms with E-state index < -0.39 is 0 Å². The quantitative estimate of drug-likeness (QED) is 0.555. The van der Waals surface area contributed by atoms with Crippen molar-refractivity contribution in [3.05, 3.63) is 11.0 Å². The minimum atomic E-state index is 0.907. The lowest BCUT2D eigenvalue weighted by Gasteiger charge is -2.11. The second-order valence-electron chi connectivity index (χ2n) is 4.56. The molecule has 1 unspecified atom stereocenters. The first-order chi connectivity index (χ1) is 7.36. The molecular weight excluding hydrogens is 200 g/mol. The van der Waals surface area contributed by atoms with Crippen LogP contribution in [0, 0.1) is 0 Å². The molecule has 0 amide bonds. The molecule has 88 valence electrons. The van der Waals surface area contributed by atoms with E-state index in [2.05, 4.69) is 31.7 Å². The summed E-state index contributed by atoms with van der Waals surface area (Å²) in [6.07, 6.45) is 15.0. The fraction of sp³-hybridized carbons (Fsp3) is 0.857. The van der Waals surface area contributed by atoms with Crippen LogP contribution in [0.1, 0.15) is 71.6 Å². The van der Waals surface area contributed by atoms with Crippen molar-refractivity contribution in [2.45, 2.75) is 76.9 Å². The van der Waals surface area contributed by atoms with Gasteiger partial charge in [-0.1, -0.05) is 39.2 Å². The molecule has 1 heteroatoms. The third-order valence-electron chi connectivity index (χ3n) is 3.15. The van der Waals surface area contributed by atoms with Crippen LogP contribution in [0.5, 0.6) is 0 Å². The number of thioether (sulfide) groups is 1. The van der Waals surface area contributed by atoms with Crippen molar-refractivity contribution in [2.24, 2.45) is 0 Å². The van der Waals surface area contributed by atoms with Gasteiger partial charge in [-0.2, -0.15) is 0 Å². The zero-order valence-corrected chi connectivity index (χ0v) is 11.2. The van der Waals surface area contributed by atoms with Crippen molar-refractivity contribution in [3.63, 3.8) is 0 Å². The van der Waals surface area contributed by atoms with E-state index in [1.165, 1.54) is 57.8 Å². The SMILES string of the molecule is CCCCCC=C1CCCCC(CC)S1. The number of hydrogen-bond acceptors (Lipinski definition) is 1. The van der Waals surface area contributed by atoms with Gasteiger partial charge in [-0.15, -0.1) is 11.8 Å². The van der Waals surface area contributed by atoms with Gasteiger partial charge in [0.25, 0.3) is 0 Å². The van der Waals surface area contributed by atoms with Gasteiger partial charge in [0.05, 0.1) is 0 Å². The molecule has 0 aliphatic carbocycles. The molecule has 1 aliphatic heterocycles. The maximum Gasteiger partial charge on any atom is 0.00884 e. The van der Waals surface area contributed by atoms with Crippen LogP contribution in [-0.4, -0.2) is 5.25 Å².